The Labute approximate surface area is 142 Å². The fourth-order valence-electron chi connectivity index (χ4n) is 2.68. The molecular formula is C19H26N3O2+. The Kier molecular flexibility index (Phi) is 6.32. The van der Waals surface area contributed by atoms with Gasteiger partial charge in [-0.05, 0) is 31.5 Å². The van der Waals surface area contributed by atoms with E-state index in [0.717, 1.165) is 0 Å². The Morgan fingerprint density at radius 3 is 2.46 bits per heavy atom. The average molecular weight is 328 g/mol. The SMILES string of the molecule is CC(C)NC(=O)CNC(=O)C[NH2+][C@@H](C)c1cccc2ccccc12. The summed E-state index contributed by atoms with van der Waals surface area (Å²) in [5, 5.41) is 9.79. The van der Waals surface area contributed by atoms with Crippen LogP contribution in [0.25, 0.3) is 10.8 Å². The van der Waals surface area contributed by atoms with E-state index in [2.05, 4.69) is 41.8 Å². The zero-order chi connectivity index (χ0) is 17.5. The van der Waals surface area contributed by atoms with Crippen molar-refractivity contribution in [2.75, 3.05) is 13.1 Å². The number of hydrogen-bond acceptors (Lipinski definition) is 2. The molecule has 0 saturated carbocycles. The minimum absolute atomic E-state index is 0.0213. The standard InChI is InChI=1S/C19H25N3O2/c1-13(2)22-19(24)12-21-18(23)11-20-14(3)16-10-6-8-15-7-4-5-9-17(15)16/h4-10,13-14,20H,11-12H2,1-3H3,(H,21,23)(H,22,24)/p+1/t14-/m0/s1. The van der Waals surface area contributed by atoms with Gasteiger partial charge in [-0.2, -0.15) is 0 Å². The highest BCUT2D eigenvalue weighted by Gasteiger charge is 2.14. The van der Waals surface area contributed by atoms with Gasteiger partial charge in [0, 0.05) is 11.6 Å². The molecule has 4 N–H and O–H groups in total. The second kappa shape index (κ2) is 8.45. The summed E-state index contributed by atoms with van der Waals surface area (Å²) in [6.07, 6.45) is 0. The van der Waals surface area contributed by atoms with E-state index < -0.39 is 0 Å². The van der Waals surface area contributed by atoms with Gasteiger partial charge in [-0.25, -0.2) is 0 Å². The fourth-order valence-corrected chi connectivity index (χ4v) is 2.68. The molecule has 2 aromatic carbocycles. The third-order valence-electron chi connectivity index (χ3n) is 3.87. The van der Waals surface area contributed by atoms with E-state index in [4.69, 9.17) is 0 Å². The normalized spacial score (nSPS) is 12.2. The Morgan fingerprint density at radius 2 is 1.71 bits per heavy atom. The molecule has 2 aromatic rings. The number of fused-ring (bicyclic) bond motifs is 1. The summed E-state index contributed by atoms with van der Waals surface area (Å²) in [4.78, 5) is 23.4. The lowest BCUT2D eigenvalue weighted by atomic mass is 10.00. The van der Waals surface area contributed by atoms with Gasteiger partial charge in [-0.1, -0.05) is 42.5 Å². The molecule has 0 bridgehead atoms. The lowest BCUT2D eigenvalue weighted by molar-refractivity contribution is -0.682. The third-order valence-corrected chi connectivity index (χ3v) is 3.87. The molecule has 0 spiro atoms. The van der Waals surface area contributed by atoms with E-state index in [1.54, 1.807) is 0 Å². The number of carbonyl (C=O) groups excluding carboxylic acids is 2. The molecule has 0 heterocycles. The lowest BCUT2D eigenvalue weighted by Gasteiger charge is -2.14. The van der Waals surface area contributed by atoms with Crippen LogP contribution in [0, 0.1) is 0 Å². The smallest absolute Gasteiger partial charge is 0.275 e. The molecular weight excluding hydrogens is 302 g/mol. The van der Waals surface area contributed by atoms with Gasteiger partial charge in [0.15, 0.2) is 6.54 Å². The summed E-state index contributed by atoms with van der Waals surface area (Å²) in [5.41, 5.74) is 1.21. The first kappa shape index (κ1) is 17.9. The summed E-state index contributed by atoms with van der Waals surface area (Å²) in [5.74, 6) is -0.304. The molecule has 1 atom stereocenters. The molecule has 5 heteroatoms. The zero-order valence-electron chi connectivity index (χ0n) is 14.5. The van der Waals surface area contributed by atoms with E-state index in [1.165, 1.54) is 16.3 Å². The minimum atomic E-state index is -0.166. The van der Waals surface area contributed by atoms with Crippen LogP contribution < -0.4 is 16.0 Å². The monoisotopic (exact) mass is 328 g/mol. The van der Waals surface area contributed by atoms with Crippen LogP contribution in [-0.4, -0.2) is 30.9 Å². The van der Waals surface area contributed by atoms with Crippen molar-refractivity contribution in [3.63, 3.8) is 0 Å². The molecule has 0 radical (unpaired) electrons. The highest BCUT2D eigenvalue weighted by Crippen LogP contribution is 2.21. The quantitative estimate of drug-likeness (QED) is 0.712. The summed E-state index contributed by atoms with van der Waals surface area (Å²) >= 11 is 0. The largest absolute Gasteiger partial charge is 0.352 e. The first-order chi connectivity index (χ1) is 11.5. The highest BCUT2D eigenvalue weighted by atomic mass is 16.2. The van der Waals surface area contributed by atoms with Crippen LogP contribution >= 0.6 is 0 Å². The number of quaternary nitrogens is 1. The molecule has 0 aliphatic carbocycles. The van der Waals surface area contributed by atoms with Crippen molar-refractivity contribution >= 4 is 22.6 Å². The van der Waals surface area contributed by atoms with Gasteiger partial charge in [-0.3, -0.25) is 9.59 Å². The topological polar surface area (TPSA) is 74.8 Å². The molecule has 2 rings (SSSR count). The maximum Gasteiger partial charge on any atom is 0.275 e. The lowest BCUT2D eigenvalue weighted by Crippen LogP contribution is -2.87. The molecule has 0 unspecified atom stereocenters. The van der Waals surface area contributed by atoms with Gasteiger partial charge in [-0.15, -0.1) is 0 Å². The Hall–Kier alpha value is -2.40. The van der Waals surface area contributed by atoms with Crippen LogP contribution in [0.1, 0.15) is 32.4 Å². The van der Waals surface area contributed by atoms with E-state index >= 15 is 0 Å². The number of nitrogens with one attached hydrogen (secondary N) is 2. The molecule has 5 nitrogen and oxygen atoms in total. The number of carbonyl (C=O) groups is 2. The second-order valence-corrected chi connectivity index (χ2v) is 6.30. The van der Waals surface area contributed by atoms with Crippen LogP contribution in [-0.2, 0) is 9.59 Å². The first-order valence-electron chi connectivity index (χ1n) is 8.34. The fraction of sp³-hybridized carbons (Fsp3) is 0.368. The predicted octanol–water partition coefficient (Wildman–Crippen LogP) is 1.11. The number of nitrogens with two attached hydrogens (primary N) is 1. The minimum Gasteiger partial charge on any atom is -0.352 e. The van der Waals surface area contributed by atoms with Crippen molar-refractivity contribution in [1.82, 2.24) is 10.6 Å². The molecule has 0 aromatic heterocycles. The summed E-state index contributed by atoms with van der Waals surface area (Å²) in [7, 11) is 0. The Balaban J connectivity index is 1.87. The van der Waals surface area contributed by atoms with Gasteiger partial charge < -0.3 is 16.0 Å². The van der Waals surface area contributed by atoms with Crippen molar-refractivity contribution in [1.29, 1.82) is 0 Å². The van der Waals surface area contributed by atoms with Gasteiger partial charge in [0.05, 0.1) is 6.54 Å². The van der Waals surface area contributed by atoms with Gasteiger partial charge in [0.25, 0.3) is 5.91 Å². The third kappa shape index (κ3) is 5.06. The zero-order valence-corrected chi connectivity index (χ0v) is 14.5. The van der Waals surface area contributed by atoms with Crippen molar-refractivity contribution in [3.05, 3.63) is 48.0 Å². The van der Waals surface area contributed by atoms with Crippen LogP contribution in [0.5, 0.6) is 0 Å². The Bertz CT molecular complexity index is 707. The van der Waals surface area contributed by atoms with Gasteiger partial charge in [0.2, 0.25) is 5.91 Å². The number of benzene rings is 2. The summed E-state index contributed by atoms with van der Waals surface area (Å²) < 4.78 is 0. The molecule has 0 saturated heterocycles. The second-order valence-electron chi connectivity index (χ2n) is 6.30. The average Bonchev–Trinajstić information content (AvgIpc) is 2.56. The maximum absolute atomic E-state index is 11.9. The predicted molar refractivity (Wildman–Crippen MR) is 95.4 cm³/mol. The highest BCUT2D eigenvalue weighted by molar-refractivity contribution is 5.86. The molecule has 128 valence electrons. The molecule has 24 heavy (non-hydrogen) atoms. The van der Waals surface area contributed by atoms with Crippen molar-refractivity contribution in [2.45, 2.75) is 32.9 Å². The number of rotatable bonds is 7. The first-order valence-corrected chi connectivity index (χ1v) is 8.34. The molecule has 0 aliphatic rings. The Morgan fingerprint density at radius 1 is 1.00 bits per heavy atom. The van der Waals surface area contributed by atoms with E-state index in [9.17, 15) is 9.59 Å². The van der Waals surface area contributed by atoms with Crippen LogP contribution in [0.3, 0.4) is 0 Å². The van der Waals surface area contributed by atoms with Crippen molar-refractivity contribution in [3.8, 4) is 0 Å². The van der Waals surface area contributed by atoms with Crippen LogP contribution in [0.2, 0.25) is 0 Å². The van der Waals surface area contributed by atoms with E-state index in [-0.39, 0.29) is 30.4 Å². The summed E-state index contributed by atoms with van der Waals surface area (Å²) in [6, 6.07) is 14.7. The van der Waals surface area contributed by atoms with Crippen molar-refractivity contribution < 1.29 is 14.9 Å². The van der Waals surface area contributed by atoms with Crippen LogP contribution in [0.15, 0.2) is 42.5 Å². The van der Waals surface area contributed by atoms with Gasteiger partial charge >= 0.3 is 0 Å². The number of hydrogen-bond donors (Lipinski definition) is 3. The number of amides is 2. The van der Waals surface area contributed by atoms with E-state index in [0.29, 0.717) is 6.54 Å². The van der Waals surface area contributed by atoms with Gasteiger partial charge in [0.1, 0.15) is 6.04 Å². The van der Waals surface area contributed by atoms with E-state index in [1.807, 2.05) is 37.4 Å². The molecule has 0 fully saturated rings. The maximum atomic E-state index is 11.9. The molecule has 0 aliphatic heterocycles. The van der Waals surface area contributed by atoms with Crippen LogP contribution in [0.4, 0.5) is 0 Å². The summed E-state index contributed by atoms with van der Waals surface area (Å²) in [6.45, 7) is 6.17. The molecule has 2 amide bonds. The van der Waals surface area contributed by atoms with Crippen molar-refractivity contribution in [2.24, 2.45) is 0 Å².